The van der Waals surface area contributed by atoms with E-state index < -0.39 is 0 Å². The third-order valence-electron chi connectivity index (χ3n) is 3.16. The molecule has 1 aromatic carbocycles. The maximum Gasteiger partial charge on any atom is 0.118 e. The molecule has 1 saturated carbocycles. The smallest absolute Gasteiger partial charge is 0.118 e. The van der Waals surface area contributed by atoms with Crippen molar-refractivity contribution in [2.45, 2.75) is 31.2 Å². The summed E-state index contributed by atoms with van der Waals surface area (Å²) >= 11 is 0. The third-order valence-corrected chi connectivity index (χ3v) is 3.16. The van der Waals surface area contributed by atoms with Crippen LogP contribution in [0.4, 0.5) is 0 Å². The highest BCUT2D eigenvalue weighted by Gasteiger charge is 2.30. The van der Waals surface area contributed by atoms with Crippen LogP contribution in [0.2, 0.25) is 0 Å². The van der Waals surface area contributed by atoms with Crippen molar-refractivity contribution in [2.24, 2.45) is 5.73 Å². The Morgan fingerprint density at radius 2 is 1.67 bits per heavy atom. The van der Waals surface area contributed by atoms with Gasteiger partial charge < -0.3 is 10.5 Å². The van der Waals surface area contributed by atoms with Crippen LogP contribution >= 0.6 is 12.4 Å². The van der Waals surface area contributed by atoms with Crippen molar-refractivity contribution in [1.29, 1.82) is 0 Å². The van der Waals surface area contributed by atoms with Crippen molar-refractivity contribution in [2.75, 3.05) is 7.11 Å². The van der Waals surface area contributed by atoms with E-state index in [1.807, 2.05) is 12.1 Å². The molecule has 0 unspecified atom stereocenters. The zero-order chi connectivity index (χ0) is 10.0. The molecule has 2 N–H and O–H groups in total. The van der Waals surface area contributed by atoms with Gasteiger partial charge in [-0.25, -0.2) is 0 Å². The first-order valence-electron chi connectivity index (χ1n) is 5.18. The summed E-state index contributed by atoms with van der Waals surface area (Å²) in [6.45, 7) is 0. The molecule has 2 nitrogen and oxygen atoms in total. The molecule has 2 rings (SSSR count). The minimum Gasteiger partial charge on any atom is -0.497 e. The third kappa shape index (κ3) is 2.44. The molecule has 1 fully saturated rings. The summed E-state index contributed by atoms with van der Waals surface area (Å²) in [6.07, 6.45) is 4.73. The molecule has 0 heterocycles. The molecule has 1 aromatic rings. The number of hydrogen-bond acceptors (Lipinski definition) is 2. The number of benzene rings is 1. The molecule has 15 heavy (non-hydrogen) atoms. The summed E-state index contributed by atoms with van der Waals surface area (Å²) in [5.41, 5.74) is 7.50. The summed E-state index contributed by atoms with van der Waals surface area (Å²) in [6, 6.07) is 8.15. The molecule has 0 aromatic heterocycles. The van der Waals surface area contributed by atoms with Crippen molar-refractivity contribution in [3.63, 3.8) is 0 Å². The van der Waals surface area contributed by atoms with E-state index in [4.69, 9.17) is 10.5 Å². The molecule has 3 heteroatoms. The molecule has 0 saturated heterocycles. The number of halogens is 1. The van der Waals surface area contributed by atoms with E-state index in [2.05, 4.69) is 12.1 Å². The molecule has 0 atom stereocenters. The number of rotatable bonds is 2. The zero-order valence-corrected chi connectivity index (χ0v) is 9.85. The molecule has 0 amide bonds. The highest BCUT2D eigenvalue weighted by Crippen LogP contribution is 2.36. The minimum atomic E-state index is -0.0771. The van der Waals surface area contributed by atoms with E-state index in [1.54, 1.807) is 7.11 Å². The predicted octanol–water partition coefficient (Wildman–Crippen LogP) is 2.85. The van der Waals surface area contributed by atoms with Crippen molar-refractivity contribution < 1.29 is 4.74 Å². The van der Waals surface area contributed by atoms with E-state index in [0.29, 0.717) is 0 Å². The highest BCUT2D eigenvalue weighted by molar-refractivity contribution is 5.85. The van der Waals surface area contributed by atoms with E-state index >= 15 is 0 Å². The highest BCUT2D eigenvalue weighted by atomic mass is 35.5. The first-order chi connectivity index (χ1) is 6.74. The Hall–Kier alpha value is -0.730. The Balaban J connectivity index is 0.00000112. The standard InChI is InChI=1S/C12H17NO.ClH/c1-14-11-6-4-10(5-7-11)12(13)8-2-3-9-12;/h4-7H,2-3,8-9,13H2,1H3;1H. The van der Waals surface area contributed by atoms with Crippen LogP contribution in [0.15, 0.2) is 24.3 Å². The van der Waals surface area contributed by atoms with E-state index in [0.717, 1.165) is 18.6 Å². The first kappa shape index (κ1) is 12.3. The van der Waals surface area contributed by atoms with E-state index in [-0.39, 0.29) is 17.9 Å². The van der Waals surface area contributed by atoms with Crippen LogP contribution in [0.3, 0.4) is 0 Å². The van der Waals surface area contributed by atoms with E-state index in [9.17, 15) is 0 Å². The predicted molar refractivity (Wildman–Crippen MR) is 64.6 cm³/mol. The van der Waals surface area contributed by atoms with Gasteiger partial charge in [-0.1, -0.05) is 25.0 Å². The van der Waals surface area contributed by atoms with Gasteiger partial charge in [0.25, 0.3) is 0 Å². The molecular formula is C12H18ClNO. The van der Waals surface area contributed by atoms with Gasteiger partial charge in [0.15, 0.2) is 0 Å². The molecular weight excluding hydrogens is 210 g/mol. The molecule has 1 aliphatic carbocycles. The lowest BCUT2D eigenvalue weighted by Gasteiger charge is -2.24. The summed E-state index contributed by atoms with van der Waals surface area (Å²) in [5, 5.41) is 0. The Kier molecular flexibility index (Phi) is 4.00. The largest absolute Gasteiger partial charge is 0.497 e. The normalized spacial score (nSPS) is 18.3. The fraction of sp³-hybridized carbons (Fsp3) is 0.500. The van der Waals surface area contributed by atoms with Crippen LogP contribution in [0.1, 0.15) is 31.2 Å². The average molecular weight is 228 g/mol. The average Bonchev–Trinajstić information content (AvgIpc) is 2.67. The Bertz CT molecular complexity index is 304. The van der Waals surface area contributed by atoms with Gasteiger partial charge in [-0.05, 0) is 30.5 Å². The van der Waals surface area contributed by atoms with Crippen LogP contribution in [-0.4, -0.2) is 7.11 Å². The summed E-state index contributed by atoms with van der Waals surface area (Å²) in [7, 11) is 1.68. The van der Waals surface area contributed by atoms with Crippen molar-refractivity contribution >= 4 is 12.4 Å². The van der Waals surface area contributed by atoms with E-state index in [1.165, 1.54) is 18.4 Å². The Morgan fingerprint density at radius 3 is 2.13 bits per heavy atom. The number of ether oxygens (including phenoxy) is 1. The second-order valence-corrected chi connectivity index (χ2v) is 4.09. The monoisotopic (exact) mass is 227 g/mol. The van der Waals surface area contributed by atoms with Crippen molar-refractivity contribution in [3.8, 4) is 5.75 Å². The second-order valence-electron chi connectivity index (χ2n) is 4.09. The SMILES string of the molecule is COc1ccc(C2(N)CCCC2)cc1.Cl. The van der Waals surface area contributed by atoms with Crippen molar-refractivity contribution in [1.82, 2.24) is 0 Å². The number of nitrogens with two attached hydrogens (primary N) is 1. The fourth-order valence-electron chi connectivity index (χ4n) is 2.22. The topological polar surface area (TPSA) is 35.2 Å². The lowest BCUT2D eigenvalue weighted by molar-refractivity contribution is 0.412. The fourth-order valence-corrected chi connectivity index (χ4v) is 2.22. The van der Waals surface area contributed by atoms with Gasteiger partial charge in [0.05, 0.1) is 7.11 Å². The van der Waals surface area contributed by atoms with Crippen molar-refractivity contribution in [3.05, 3.63) is 29.8 Å². The summed E-state index contributed by atoms with van der Waals surface area (Å²) < 4.78 is 5.12. The molecule has 0 bridgehead atoms. The first-order valence-corrected chi connectivity index (χ1v) is 5.18. The van der Waals surface area contributed by atoms with Gasteiger partial charge in [0.2, 0.25) is 0 Å². The maximum atomic E-state index is 6.33. The molecule has 0 spiro atoms. The van der Waals surface area contributed by atoms with Gasteiger partial charge in [0, 0.05) is 5.54 Å². The minimum absolute atomic E-state index is 0. The summed E-state index contributed by atoms with van der Waals surface area (Å²) in [5.74, 6) is 0.898. The molecule has 84 valence electrons. The lowest BCUT2D eigenvalue weighted by atomic mass is 9.89. The maximum absolute atomic E-state index is 6.33. The van der Waals surface area contributed by atoms with Crippen LogP contribution < -0.4 is 10.5 Å². The number of hydrogen-bond donors (Lipinski definition) is 1. The van der Waals surface area contributed by atoms with Crippen LogP contribution in [0.25, 0.3) is 0 Å². The Morgan fingerprint density at radius 1 is 1.13 bits per heavy atom. The molecule has 0 aliphatic heterocycles. The summed E-state index contributed by atoms with van der Waals surface area (Å²) in [4.78, 5) is 0. The van der Waals surface area contributed by atoms with Gasteiger partial charge in [-0.2, -0.15) is 0 Å². The molecule has 1 aliphatic rings. The van der Waals surface area contributed by atoms with Crippen LogP contribution in [0, 0.1) is 0 Å². The van der Waals surface area contributed by atoms with Crippen LogP contribution in [0.5, 0.6) is 5.75 Å². The zero-order valence-electron chi connectivity index (χ0n) is 9.03. The van der Waals surface area contributed by atoms with Gasteiger partial charge in [-0.3, -0.25) is 0 Å². The number of methoxy groups -OCH3 is 1. The Labute approximate surface area is 97.2 Å². The van der Waals surface area contributed by atoms with Gasteiger partial charge in [-0.15, -0.1) is 12.4 Å². The second kappa shape index (κ2) is 4.86. The lowest BCUT2D eigenvalue weighted by Crippen LogP contribution is -2.32. The van der Waals surface area contributed by atoms with Gasteiger partial charge in [0.1, 0.15) is 5.75 Å². The van der Waals surface area contributed by atoms with Gasteiger partial charge >= 0.3 is 0 Å². The van der Waals surface area contributed by atoms with Crippen LogP contribution in [-0.2, 0) is 5.54 Å². The quantitative estimate of drug-likeness (QED) is 0.843. The molecule has 0 radical (unpaired) electrons.